The van der Waals surface area contributed by atoms with Crippen LogP contribution in [0.25, 0.3) is 10.8 Å². The van der Waals surface area contributed by atoms with Gasteiger partial charge in [-0.1, -0.05) is 42.5 Å². The van der Waals surface area contributed by atoms with Crippen LogP contribution in [-0.4, -0.2) is 4.98 Å². The van der Waals surface area contributed by atoms with Crippen LogP contribution in [0.2, 0.25) is 0 Å². The summed E-state index contributed by atoms with van der Waals surface area (Å²) in [6.45, 7) is 2.01. The summed E-state index contributed by atoms with van der Waals surface area (Å²) in [5, 5.41) is 3.64. The van der Waals surface area contributed by atoms with Gasteiger partial charge in [-0.2, -0.15) is 0 Å². The zero-order chi connectivity index (χ0) is 13.2. The van der Waals surface area contributed by atoms with Gasteiger partial charge >= 0.3 is 0 Å². The Hall–Kier alpha value is -1.71. The van der Waals surface area contributed by atoms with Crippen LogP contribution < -0.4 is 5.73 Å². The zero-order valence-electron chi connectivity index (χ0n) is 10.8. The van der Waals surface area contributed by atoms with Crippen LogP contribution in [0.3, 0.4) is 0 Å². The fraction of sp³-hybridized carbons (Fsp3) is 0.188. The first kappa shape index (κ1) is 12.3. The average Bonchev–Trinajstić information content (AvgIpc) is 2.86. The molecule has 0 saturated heterocycles. The second kappa shape index (κ2) is 5.11. The summed E-state index contributed by atoms with van der Waals surface area (Å²) in [5.74, 6) is 0. The van der Waals surface area contributed by atoms with Gasteiger partial charge in [-0.05, 0) is 29.7 Å². The van der Waals surface area contributed by atoms with Gasteiger partial charge in [-0.15, -0.1) is 11.3 Å². The minimum atomic E-state index is 0.0250. The van der Waals surface area contributed by atoms with E-state index in [1.807, 2.05) is 13.1 Å². The molecule has 0 aliphatic heterocycles. The van der Waals surface area contributed by atoms with Crippen LogP contribution in [-0.2, 0) is 6.42 Å². The Morgan fingerprint density at radius 2 is 1.95 bits per heavy atom. The lowest BCUT2D eigenvalue weighted by Crippen LogP contribution is -2.12. The highest BCUT2D eigenvalue weighted by atomic mass is 32.1. The minimum Gasteiger partial charge on any atom is -0.323 e. The number of fused-ring (bicyclic) bond motifs is 1. The standard InChI is InChI=1S/C16H16N2S/c1-11-18-10-16(19-11)15(17)9-13-7-4-6-12-5-2-3-8-14(12)13/h2-8,10,15H,9,17H2,1H3. The van der Waals surface area contributed by atoms with E-state index in [1.165, 1.54) is 16.3 Å². The third-order valence-electron chi connectivity index (χ3n) is 3.32. The van der Waals surface area contributed by atoms with Gasteiger partial charge in [0.1, 0.15) is 0 Å². The lowest BCUT2D eigenvalue weighted by Gasteiger charge is -2.11. The summed E-state index contributed by atoms with van der Waals surface area (Å²) in [6.07, 6.45) is 2.75. The van der Waals surface area contributed by atoms with Crippen molar-refractivity contribution in [1.82, 2.24) is 4.98 Å². The molecule has 0 amide bonds. The molecule has 2 nitrogen and oxygen atoms in total. The fourth-order valence-electron chi connectivity index (χ4n) is 2.36. The monoisotopic (exact) mass is 268 g/mol. The molecule has 2 aromatic carbocycles. The second-order valence-corrected chi connectivity index (χ2v) is 6.00. The second-order valence-electron chi connectivity index (χ2n) is 4.73. The van der Waals surface area contributed by atoms with Gasteiger partial charge in [-0.25, -0.2) is 4.98 Å². The van der Waals surface area contributed by atoms with Crippen molar-refractivity contribution < 1.29 is 0 Å². The van der Waals surface area contributed by atoms with Gasteiger partial charge in [0.05, 0.1) is 5.01 Å². The SMILES string of the molecule is Cc1ncc(C(N)Cc2cccc3ccccc23)s1. The molecule has 1 heterocycles. The third-order valence-corrected chi connectivity index (χ3v) is 4.37. The molecule has 2 N–H and O–H groups in total. The molecule has 3 rings (SSSR count). The smallest absolute Gasteiger partial charge is 0.0897 e. The Morgan fingerprint density at radius 3 is 2.74 bits per heavy atom. The van der Waals surface area contributed by atoms with Crippen molar-refractivity contribution in [2.45, 2.75) is 19.4 Å². The molecule has 1 aromatic heterocycles. The van der Waals surface area contributed by atoms with E-state index >= 15 is 0 Å². The summed E-state index contributed by atoms with van der Waals surface area (Å²) in [7, 11) is 0. The maximum absolute atomic E-state index is 6.30. The molecular weight excluding hydrogens is 252 g/mol. The summed E-state index contributed by atoms with van der Waals surface area (Å²) in [4.78, 5) is 5.44. The summed E-state index contributed by atoms with van der Waals surface area (Å²) in [5.41, 5.74) is 7.60. The Labute approximate surface area is 116 Å². The van der Waals surface area contributed by atoms with Crippen LogP contribution >= 0.6 is 11.3 Å². The molecule has 0 aliphatic carbocycles. The van der Waals surface area contributed by atoms with Crippen molar-refractivity contribution in [3.05, 3.63) is 64.1 Å². The quantitative estimate of drug-likeness (QED) is 0.783. The Bertz CT molecular complexity index is 697. The molecular formula is C16H16N2S. The summed E-state index contributed by atoms with van der Waals surface area (Å²) >= 11 is 1.68. The van der Waals surface area contributed by atoms with E-state index in [0.717, 1.165) is 16.3 Å². The maximum atomic E-state index is 6.30. The number of hydrogen-bond acceptors (Lipinski definition) is 3. The Morgan fingerprint density at radius 1 is 1.16 bits per heavy atom. The highest BCUT2D eigenvalue weighted by Gasteiger charge is 2.11. The topological polar surface area (TPSA) is 38.9 Å². The molecule has 0 saturated carbocycles. The van der Waals surface area contributed by atoms with Gasteiger partial charge in [0.25, 0.3) is 0 Å². The molecule has 3 aromatic rings. The molecule has 0 fully saturated rings. The van der Waals surface area contributed by atoms with Gasteiger partial charge in [0.15, 0.2) is 0 Å². The van der Waals surface area contributed by atoms with Gasteiger partial charge in [0, 0.05) is 17.1 Å². The first-order valence-electron chi connectivity index (χ1n) is 6.38. The molecule has 0 spiro atoms. The van der Waals surface area contributed by atoms with Crippen LogP contribution in [0.1, 0.15) is 21.5 Å². The van der Waals surface area contributed by atoms with Gasteiger partial charge < -0.3 is 5.73 Å². The van der Waals surface area contributed by atoms with Crippen LogP contribution in [0.5, 0.6) is 0 Å². The van der Waals surface area contributed by atoms with E-state index in [4.69, 9.17) is 5.73 Å². The van der Waals surface area contributed by atoms with E-state index in [2.05, 4.69) is 47.4 Å². The highest BCUT2D eigenvalue weighted by Crippen LogP contribution is 2.25. The molecule has 96 valence electrons. The number of aromatic nitrogens is 1. The number of nitrogens with zero attached hydrogens (tertiary/aromatic N) is 1. The molecule has 1 unspecified atom stereocenters. The zero-order valence-corrected chi connectivity index (χ0v) is 11.7. The van der Waals surface area contributed by atoms with Crippen molar-refractivity contribution in [1.29, 1.82) is 0 Å². The third kappa shape index (κ3) is 2.53. The van der Waals surface area contributed by atoms with E-state index in [0.29, 0.717) is 0 Å². The lowest BCUT2D eigenvalue weighted by atomic mass is 9.99. The van der Waals surface area contributed by atoms with Crippen LogP contribution in [0.15, 0.2) is 48.7 Å². The predicted molar refractivity (Wildman–Crippen MR) is 81.4 cm³/mol. The molecule has 0 aliphatic rings. The lowest BCUT2D eigenvalue weighted by molar-refractivity contribution is 0.738. The average molecular weight is 268 g/mol. The van der Waals surface area contributed by atoms with Crippen molar-refractivity contribution in [2.24, 2.45) is 5.73 Å². The molecule has 19 heavy (non-hydrogen) atoms. The predicted octanol–water partition coefficient (Wildman–Crippen LogP) is 3.85. The van der Waals surface area contributed by atoms with Crippen molar-refractivity contribution in [3.63, 3.8) is 0 Å². The summed E-state index contributed by atoms with van der Waals surface area (Å²) < 4.78 is 0. The van der Waals surface area contributed by atoms with E-state index < -0.39 is 0 Å². The fourth-order valence-corrected chi connectivity index (χ4v) is 3.14. The van der Waals surface area contributed by atoms with Crippen molar-refractivity contribution in [3.8, 4) is 0 Å². The Balaban J connectivity index is 1.93. The number of nitrogens with two attached hydrogens (primary N) is 1. The first-order valence-corrected chi connectivity index (χ1v) is 7.20. The normalized spacial score (nSPS) is 12.7. The van der Waals surface area contributed by atoms with E-state index in [9.17, 15) is 0 Å². The number of aryl methyl sites for hydroxylation is 1. The maximum Gasteiger partial charge on any atom is 0.0897 e. The number of rotatable bonds is 3. The number of benzene rings is 2. The number of thiazole rings is 1. The molecule has 0 radical (unpaired) electrons. The Kier molecular flexibility index (Phi) is 3.32. The van der Waals surface area contributed by atoms with Gasteiger partial charge in [0.2, 0.25) is 0 Å². The highest BCUT2D eigenvalue weighted by molar-refractivity contribution is 7.11. The summed E-state index contributed by atoms with van der Waals surface area (Å²) in [6, 6.07) is 14.9. The van der Waals surface area contributed by atoms with Crippen LogP contribution in [0, 0.1) is 6.92 Å². The van der Waals surface area contributed by atoms with Crippen molar-refractivity contribution in [2.75, 3.05) is 0 Å². The van der Waals surface area contributed by atoms with E-state index in [1.54, 1.807) is 11.3 Å². The largest absolute Gasteiger partial charge is 0.323 e. The molecule has 0 bridgehead atoms. The van der Waals surface area contributed by atoms with Crippen molar-refractivity contribution >= 4 is 22.1 Å². The molecule has 1 atom stereocenters. The number of hydrogen-bond donors (Lipinski definition) is 1. The van der Waals surface area contributed by atoms with Gasteiger partial charge in [-0.3, -0.25) is 0 Å². The molecule has 3 heteroatoms. The first-order chi connectivity index (χ1) is 9.24. The van der Waals surface area contributed by atoms with Crippen LogP contribution in [0.4, 0.5) is 0 Å². The minimum absolute atomic E-state index is 0.0250. The van der Waals surface area contributed by atoms with E-state index in [-0.39, 0.29) is 6.04 Å².